The zero-order chi connectivity index (χ0) is 22.0. The molecule has 1 fully saturated rings. The van der Waals surface area contributed by atoms with Crippen LogP contribution in [0.4, 0.5) is 0 Å². The average molecular weight is 485 g/mol. The van der Waals surface area contributed by atoms with Crippen molar-refractivity contribution in [2.75, 3.05) is 0 Å². The summed E-state index contributed by atoms with van der Waals surface area (Å²) in [6.07, 6.45) is 2.87. The number of halogens is 1. The molecule has 1 aromatic heterocycles. The van der Waals surface area contributed by atoms with Crippen molar-refractivity contribution >= 4 is 21.9 Å². The third-order valence-electron chi connectivity index (χ3n) is 5.46. The van der Waals surface area contributed by atoms with Gasteiger partial charge in [-0.05, 0) is 72.4 Å². The molecular weight excluding hydrogens is 460 g/mol. The van der Waals surface area contributed by atoms with Crippen LogP contribution in [0.3, 0.4) is 0 Å². The van der Waals surface area contributed by atoms with Gasteiger partial charge in [0.05, 0.1) is 29.8 Å². The zero-order valence-corrected chi connectivity index (χ0v) is 19.1. The molecule has 0 spiro atoms. The summed E-state index contributed by atoms with van der Waals surface area (Å²) in [6.45, 7) is 3.48. The lowest BCUT2D eigenvalue weighted by molar-refractivity contribution is -0.165. The molecule has 1 aliphatic rings. The lowest BCUT2D eigenvalue weighted by Crippen LogP contribution is -2.37. The second-order valence-electron chi connectivity index (χ2n) is 7.91. The predicted octanol–water partition coefficient (Wildman–Crippen LogP) is 5.61. The topological polar surface area (TPSA) is 73.6 Å². The number of nitrogens with zero attached hydrogens (tertiary/aromatic N) is 2. The molecule has 3 aromatic rings. The Morgan fingerprint density at radius 3 is 2.68 bits per heavy atom. The van der Waals surface area contributed by atoms with Gasteiger partial charge in [0.25, 0.3) is 0 Å². The summed E-state index contributed by atoms with van der Waals surface area (Å²) in [7, 11) is 0. The van der Waals surface area contributed by atoms with E-state index < -0.39 is 11.6 Å². The molecule has 6 nitrogen and oxygen atoms in total. The van der Waals surface area contributed by atoms with Gasteiger partial charge in [0.1, 0.15) is 5.75 Å². The summed E-state index contributed by atoms with van der Waals surface area (Å²) >= 11 is 3.61. The average Bonchev–Trinajstić information content (AvgIpc) is 3.48. The first-order valence-corrected chi connectivity index (χ1v) is 11.2. The summed E-state index contributed by atoms with van der Waals surface area (Å²) in [5, 5.41) is 14.2. The molecule has 1 N–H and O–H groups in total. The van der Waals surface area contributed by atoms with Crippen LogP contribution in [0.5, 0.6) is 5.75 Å². The lowest BCUT2D eigenvalue weighted by atomic mass is 10.0. The number of aromatic nitrogens is 2. The number of carbonyl (C=O) groups is 1. The molecular formula is C24H25BrN2O4. The second kappa shape index (κ2) is 8.85. The zero-order valence-electron chi connectivity index (χ0n) is 17.5. The molecule has 0 aliphatic heterocycles. The molecule has 2 aromatic carbocycles. The number of para-hydroxylation sites is 1. The molecule has 1 aliphatic carbocycles. The van der Waals surface area contributed by atoms with E-state index in [9.17, 15) is 9.90 Å². The Morgan fingerprint density at radius 2 is 2.00 bits per heavy atom. The molecule has 162 valence electrons. The summed E-state index contributed by atoms with van der Waals surface area (Å²) in [6, 6.07) is 17.7. The van der Waals surface area contributed by atoms with Crippen LogP contribution < -0.4 is 4.74 Å². The van der Waals surface area contributed by atoms with Crippen molar-refractivity contribution in [1.29, 1.82) is 0 Å². The van der Waals surface area contributed by atoms with E-state index in [0.717, 1.165) is 40.0 Å². The maximum atomic E-state index is 11.6. The lowest BCUT2D eigenvalue weighted by Gasteiger charge is -2.22. The Hall–Kier alpha value is -2.64. The van der Waals surface area contributed by atoms with E-state index >= 15 is 0 Å². The monoisotopic (exact) mass is 484 g/mol. The smallest absolute Gasteiger partial charge is 0.335 e. The molecule has 4 rings (SSSR count). The van der Waals surface area contributed by atoms with Gasteiger partial charge in [-0.1, -0.05) is 31.2 Å². The van der Waals surface area contributed by atoms with Crippen LogP contribution in [0.1, 0.15) is 38.8 Å². The van der Waals surface area contributed by atoms with Crippen LogP contribution in [0.2, 0.25) is 0 Å². The van der Waals surface area contributed by atoms with Crippen molar-refractivity contribution in [3.05, 3.63) is 64.8 Å². The van der Waals surface area contributed by atoms with Gasteiger partial charge in [-0.2, -0.15) is 5.10 Å². The van der Waals surface area contributed by atoms with Gasteiger partial charge in [-0.3, -0.25) is 0 Å². The van der Waals surface area contributed by atoms with Crippen molar-refractivity contribution < 1.29 is 19.4 Å². The van der Waals surface area contributed by atoms with Gasteiger partial charge < -0.3 is 14.6 Å². The standard InChI is InChI=1S/C24H25BrN2O4/c1-3-24(2,23(28)29)30-15-17-14-22(27(26-17)21-10-5-4-9-20(21)25)16-7-6-8-19(13-16)31-18-11-12-18/h4-10,13-14,18H,3,11-12,15H2,1-2H3,(H,28,29). The summed E-state index contributed by atoms with van der Waals surface area (Å²) in [5.74, 6) is -0.146. The van der Waals surface area contributed by atoms with E-state index in [-0.39, 0.29) is 6.61 Å². The van der Waals surface area contributed by atoms with Crippen LogP contribution >= 0.6 is 15.9 Å². The quantitative estimate of drug-likeness (QED) is 0.426. The third-order valence-corrected chi connectivity index (χ3v) is 6.13. The molecule has 31 heavy (non-hydrogen) atoms. The molecule has 0 radical (unpaired) electrons. The Kier molecular flexibility index (Phi) is 6.16. The normalized spacial score (nSPS) is 15.5. The van der Waals surface area contributed by atoms with E-state index in [1.807, 2.05) is 59.3 Å². The Bertz CT molecular complexity index is 1090. The van der Waals surface area contributed by atoms with Crippen LogP contribution in [0, 0.1) is 0 Å². The fourth-order valence-electron chi connectivity index (χ4n) is 3.17. The van der Waals surface area contributed by atoms with Gasteiger partial charge in [0.15, 0.2) is 5.60 Å². The van der Waals surface area contributed by atoms with Crippen molar-refractivity contribution in [2.45, 2.75) is 51.4 Å². The number of hydrogen-bond acceptors (Lipinski definition) is 4. The fraction of sp³-hybridized carbons (Fsp3) is 0.333. The van der Waals surface area contributed by atoms with E-state index in [1.165, 1.54) is 0 Å². The number of hydrogen-bond donors (Lipinski definition) is 1. The Balaban J connectivity index is 1.71. The second-order valence-corrected chi connectivity index (χ2v) is 8.76. The van der Waals surface area contributed by atoms with Crippen molar-refractivity contribution in [1.82, 2.24) is 9.78 Å². The maximum Gasteiger partial charge on any atom is 0.335 e. The Morgan fingerprint density at radius 1 is 1.23 bits per heavy atom. The summed E-state index contributed by atoms with van der Waals surface area (Å²) in [4.78, 5) is 11.6. The fourth-order valence-corrected chi connectivity index (χ4v) is 3.62. The highest BCUT2D eigenvalue weighted by atomic mass is 79.9. The highest BCUT2D eigenvalue weighted by Crippen LogP contribution is 2.33. The van der Waals surface area contributed by atoms with Crippen molar-refractivity contribution in [3.63, 3.8) is 0 Å². The van der Waals surface area contributed by atoms with Gasteiger partial charge >= 0.3 is 5.97 Å². The minimum atomic E-state index is -1.25. The first-order chi connectivity index (χ1) is 14.9. The minimum absolute atomic E-state index is 0.0966. The summed E-state index contributed by atoms with van der Waals surface area (Å²) in [5.41, 5.74) is 2.12. The molecule has 1 unspecified atom stereocenters. The SMILES string of the molecule is CCC(C)(OCc1cc(-c2cccc(OC3CC3)c2)n(-c2ccccc2Br)n1)C(=O)O. The Labute approximate surface area is 189 Å². The minimum Gasteiger partial charge on any atom is -0.490 e. The largest absolute Gasteiger partial charge is 0.490 e. The van der Waals surface area contributed by atoms with E-state index in [2.05, 4.69) is 15.9 Å². The van der Waals surface area contributed by atoms with Crippen molar-refractivity contribution in [3.8, 4) is 22.7 Å². The highest BCUT2D eigenvalue weighted by Gasteiger charge is 2.32. The molecule has 1 saturated carbocycles. The molecule has 1 atom stereocenters. The van der Waals surface area contributed by atoms with Gasteiger partial charge in [-0.25, -0.2) is 9.48 Å². The predicted molar refractivity (Wildman–Crippen MR) is 121 cm³/mol. The molecule has 0 amide bonds. The molecule has 0 saturated heterocycles. The number of rotatable bonds is 9. The highest BCUT2D eigenvalue weighted by molar-refractivity contribution is 9.10. The van der Waals surface area contributed by atoms with Crippen LogP contribution in [0.15, 0.2) is 59.1 Å². The maximum absolute atomic E-state index is 11.6. The van der Waals surface area contributed by atoms with Crippen LogP contribution in [-0.4, -0.2) is 32.6 Å². The number of ether oxygens (including phenoxy) is 2. The van der Waals surface area contributed by atoms with Gasteiger partial charge in [0.2, 0.25) is 0 Å². The number of benzene rings is 2. The molecule has 7 heteroatoms. The van der Waals surface area contributed by atoms with E-state index in [1.54, 1.807) is 13.8 Å². The van der Waals surface area contributed by atoms with E-state index in [4.69, 9.17) is 14.6 Å². The first-order valence-electron chi connectivity index (χ1n) is 10.4. The number of aliphatic carboxylic acids is 1. The summed E-state index contributed by atoms with van der Waals surface area (Å²) < 4.78 is 14.5. The first kappa shape index (κ1) is 21.6. The van der Waals surface area contributed by atoms with E-state index in [0.29, 0.717) is 18.2 Å². The molecule has 1 heterocycles. The van der Waals surface area contributed by atoms with Gasteiger partial charge in [-0.15, -0.1) is 0 Å². The number of carboxylic acid groups (broad SMARTS) is 1. The van der Waals surface area contributed by atoms with Crippen LogP contribution in [-0.2, 0) is 16.1 Å². The number of carboxylic acids is 1. The van der Waals surface area contributed by atoms with Crippen LogP contribution in [0.25, 0.3) is 16.9 Å². The third kappa shape index (κ3) is 4.83. The van der Waals surface area contributed by atoms with Crippen molar-refractivity contribution in [2.24, 2.45) is 0 Å². The van der Waals surface area contributed by atoms with Gasteiger partial charge in [0, 0.05) is 10.0 Å². The molecule has 0 bridgehead atoms.